The Balaban J connectivity index is 1.79. The van der Waals surface area contributed by atoms with Gasteiger partial charge in [0, 0.05) is 12.1 Å². The normalized spacial score (nSPS) is 22.6. The summed E-state index contributed by atoms with van der Waals surface area (Å²) in [6, 6.07) is 3.99. The average molecular weight is 347 g/mol. The molecule has 8 nitrogen and oxygen atoms in total. The quantitative estimate of drug-likeness (QED) is 0.774. The topological polar surface area (TPSA) is 97.0 Å². The highest BCUT2D eigenvalue weighted by molar-refractivity contribution is 6.05. The zero-order chi connectivity index (χ0) is 18.0. The zero-order valence-corrected chi connectivity index (χ0v) is 14.2. The lowest BCUT2D eigenvalue weighted by Crippen LogP contribution is -2.38. The molecule has 0 saturated carbocycles. The van der Waals surface area contributed by atoms with Crippen LogP contribution in [0.15, 0.2) is 18.2 Å². The molecule has 0 spiro atoms. The minimum atomic E-state index is -0.812. The number of hydrogen-bond acceptors (Lipinski definition) is 5. The van der Waals surface area contributed by atoms with Gasteiger partial charge in [0.05, 0.1) is 26.7 Å². The van der Waals surface area contributed by atoms with Crippen LogP contribution in [0, 0.1) is 0 Å². The zero-order valence-electron chi connectivity index (χ0n) is 14.2. The number of hydrogen-bond donors (Lipinski definition) is 2. The Kier molecular flexibility index (Phi) is 4.78. The smallest absolute Gasteiger partial charge is 0.322 e. The summed E-state index contributed by atoms with van der Waals surface area (Å²) in [6.07, 6.45) is 1.61. The third-order valence-corrected chi connectivity index (χ3v) is 4.61. The first kappa shape index (κ1) is 17.1. The van der Waals surface area contributed by atoms with E-state index in [4.69, 9.17) is 9.47 Å². The van der Waals surface area contributed by atoms with Crippen molar-refractivity contribution < 1.29 is 23.9 Å². The van der Waals surface area contributed by atoms with Gasteiger partial charge in [0.1, 0.15) is 17.5 Å². The number of likely N-dealkylation sites (tertiary alicyclic amines) is 1. The van der Waals surface area contributed by atoms with Crippen molar-refractivity contribution in [2.24, 2.45) is 0 Å². The molecule has 1 aromatic rings. The Bertz CT molecular complexity index is 706. The van der Waals surface area contributed by atoms with E-state index in [1.165, 1.54) is 0 Å². The fourth-order valence-corrected chi connectivity index (χ4v) is 3.38. The second-order valence-electron chi connectivity index (χ2n) is 6.07. The predicted octanol–water partition coefficient (Wildman–Crippen LogP) is 0.965. The maximum Gasteiger partial charge on any atom is 0.322 e. The molecule has 0 radical (unpaired) electrons. The van der Waals surface area contributed by atoms with E-state index in [0.717, 1.165) is 18.4 Å². The standard InChI is InChI=1S/C17H21N3O5/c1-24-10-5-6-14(25-2)11(8-10)13-4-3-7-20(13)15(21)9-12-16(22)19-17(23)18-12/h5-6,8,12-13H,3-4,7,9H2,1-2H3,(H2,18,19,22,23)/t12-,13-/m0/s1. The summed E-state index contributed by atoms with van der Waals surface area (Å²) in [5.41, 5.74) is 0.882. The lowest BCUT2D eigenvalue weighted by atomic mass is 10.0. The highest BCUT2D eigenvalue weighted by Gasteiger charge is 2.37. The molecule has 2 aliphatic heterocycles. The van der Waals surface area contributed by atoms with Gasteiger partial charge in [-0.05, 0) is 31.0 Å². The molecule has 2 saturated heterocycles. The van der Waals surface area contributed by atoms with Crippen LogP contribution in [0.2, 0.25) is 0 Å². The number of amides is 4. The van der Waals surface area contributed by atoms with Crippen molar-refractivity contribution in [3.8, 4) is 11.5 Å². The Hall–Kier alpha value is -2.77. The maximum atomic E-state index is 12.7. The first-order valence-electron chi connectivity index (χ1n) is 8.16. The molecule has 0 aliphatic carbocycles. The van der Waals surface area contributed by atoms with Crippen LogP contribution >= 0.6 is 0 Å². The van der Waals surface area contributed by atoms with E-state index < -0.39 is 18.0 Å². The van der Waals surface area contributed by atoms with Gasteiger partial charge in [0.2, 0.25) is 5.91 Å². The summed E-state index contributed by atoms with van der Waals surface area (Å²) in [5, 5.41) is 4.60. The summed E-state index contributed by atoms with van der Waals surface area (Å²) in [4.78, 5) is 37.3. The van der Waals surface area contributed by atoms with Gasteiger partial charge in [-0.15, -0.1) is 0 Å². The van der Waals surface area contributed by atoms with Crippen LogP contribution in [0.3, 0.4) is 0 Å². The summed E-state index contributed by atoms with van der Waals surface area (Å²) in [5.74, 6) is 0.748. The van der Waals surface area contributed by atoms with Crippen LogP contribution in [0.5, 0.6) is 11.5 Å². The number of carbonyl (C=O) groups is 3. The molecule has 2 fully saturated rings. The lowest BCUT2D eigenvalue weighted by molar-refractivity contribution is -0.134. The van der Waals surface area contributed by atoms with Crippen LogP contribution in [-0.2, 0) is 9.59 Å². The minimum Gasteiger partial charge on any atom is -0.497 e. The van der Waals surface area contributed by atoms with Gasteiger partial charge >= 0.3 is 6.03 Å². The van der Waals surface area contributed by atoms with Gasteiger partial charge in [-0.1, -0.05) is 0 Å². The summed E-state index contributed by atoms with van der Waals surface area (Å²) in [7, 11) is 3.18. The molecule has 2 N–H and O–H groups in total. The maximum absolute atomic E-state index is 12.7. The predicted molar refractivity (Wildman–Crippen MR) is 88.3 cm³/mol. The third-order valence-electron chi connectivity index (χ3n) is 4.61. The number of rotatable bonds is 5. The molecular weight excluding hydrogens is 326 g/mol. The van der Waals surface area contributed by atoms with Gasteiger partial charge in [-0.3, -0.25) is 14.9 Å². The SMILES string of the molecule is COc1ccc(OC)c([C@@H]2CCCN2C(=O)C[C@@H]2NC(=O)NC2=O)c1. The molecule has 2 atom stereocenters. The first-order valence-corrected chi connectivity index (χ1v) is 8.16. The molecule has 0 bridgehead atoms. The fraction of sp³-hybridized carbons (Fsp3) is 0.471. The van der Waals surface area contributed by atoms with Crippen molar-refractivity contribution in [1.82, 2.24) is 15.5 Å². The summed E-state index contributed by atoms with van der Waals surface area (Å²) >= 11 is 0. The molecule has 0 unspecified atom stereocenters. The second kappa shape index (κ2) is 7.00. The largest absolute Gasteiger partial charge is 0.497 e. The van der Waals surface area contributed by atoms with E-state index in [-0.39, 0.29) is 18.4 Å². The number of methoxy groups -OCH3 is 2. The Labute approximate surface area is 145 Å². The van der Waals surface area contributed by atoms with Crippen molar-refractivity contribution in [3.05, 3.63) is 23.8 Å². The average Bonchev–Trinajstić information content (AvgIpc) is 3.21. The Morgan fingerprint density at radius 3 is 2.72 bits per heavy atom. The number of carbonyl (C=O) groups excluding carboxylic acids is 3. The summed E-state index contributed by atoms with van der Waals surface area (Å²) in [6.45, 7) is 0.603. The van der Waals surface area contributed by atoms with Crippen LogP contribution < -0.4 is 20.1 Å². The second-order valence-corrected chi connectivity index (χ2v) is 6.07. The van der Waals surface area contributed by atoms with Gasteiger partial charge in [-0.25, -0.2) is 4.79 Å². The first-order chi connectivity index (χ1) is 12.0. The lowest BCUT2D eigenvalue weighted by Gasteiger charge is -2.27. The van der Waals surface area contributed by atoms with Gasteiger partial charge in [-0.2, -0.15) is 0 Å². The number of nitrogens with one attached hydrogen (secondary N) is 2. The van der Waals surface area contributed by atoms with Gasteiger partial charge in [0.25, 0.3) is 5.91 Å². The van der Waals surface area contributed by atoms with Gasteiger partial charge < -0.3 is 19.7 Å². The van der Waals surface area contributed by atoms with E-state index in [0.29, 0.717) is 18.0 Å². The molecule has 2 aliphatic rings. The van der Waals surface area contributed by atoms with E-state index in [1.807, 2.05) is 18.2 Å². The Morgan fingerprint density at radius 2 is 2.08 bits per heavy atom. The van der Waals surface area contributed by atoms with Crippen molar-refractivity contribution in [3.63, 3.8) is 0 Å². The van der Waals surface area contributed by atoms with Crippen molar-refractivity contribution in [1.29, 1.82) is 0 Å². The van der Waals surface area contributed by atoms with Crippen LogP contribution in [0.4, 0.5) is 4.79 Å². The van der Waals surface area contributed by atoms with Crippen molar-refractivity contribution in [2.75, 3.05) is 20.8 Å². The number of urea groups is 1. The third kappa shape index (κ3) is 3.38. The van der Waals surface area contributed by atoms with Gasteiger partial charge in [0.15, 0.2) is 0 Å². The molecular formula is C17H21N3O5. The van der Waals surface area contributed by atoms with E-state index >= 15 is 0 Å². The number of benzene rings is 1. The number of ether oxygens (including phenoxy) is 2. The Morgan fingerprint density at radius 1 is 1.28 bits per heavy atom. The molecule has 8 heteroatoms. The van der Waals surface area contributed by atoms with Crippen LogP contribution in [0.25, 0.3) is 0 Å². The molecule has 4 amide bonds. The molecule has 2 heterocycles. The highest BCUT2D eigenvalue weighted by Crippen LogP contribution is 2.39. The van der Waals surface area contributed by atoms with Crippen molar-refractivity contribution in [2.45, 2.75) is 31.3 Å². The van der Waals surface area contributed by atoms with Crippen LogP contribution in [-0.4, -0.2) is 49.6 Å². The minimum absolute atomic E-state index is 0.0552. The molecule has 3 rings (SSSR count). The van der Waals surface area contributed by atoms with E-state index in [9.17, 15) is 14.4 Å². The molecule has 1 aromatic carbocycles. The monoisotopic (exact) mass is 347 g/mol. The van der Waals surface area contributed by atoms with Crippen LogP contribution in [0.1, 0.15) is 30.9 Å². The van der Waals surface area contributed by atoms with E-state index in [1.54, 1.807) is 19.1 Å². The molecule has 0 aromatic heterocycles. The molecule has 25 heavy (non-hydrogen) atoms. The number of nitrogens with zero attached hydrogens (tertiary/aromatic N) is 1. The fourth-order valence-electron chi connectivity index (χ4n) is 3.38. The molecule has 134 valence electrons. The highest BCUT2D eigenvalue weighted by atomic mass is 16.5. The summed E-state index contributed by atoms with van der Waals surface area (Å²) < 4.78 is 10.7. The van der Waals surface area contributed by atoms with Crippen molar-refractivity contribution >= 4 is 17.8 Å². The number of imide groups is 1. The van der Waals surface area contributed by atoms with E-state index in [2.05, 4.69) is 10.6 Å².